The van der Waals surface area contributed by atoms with Crippen molar-refractivity contribution in [2.24, 2.45) is 0 Å². The van der Waals surface area contributed by atoms with Crippen LogP contribution < -0.4 is 5.63 Å². The normalized spacial score (nSPS) is 10.6. The molecule has 0 unspecified atom stereocenters. The molecule has 0 saturated carbocycles. The maximum atomic E-state index is 11.8. The van der Waals surface area contributed by atoms with Gasteiger partial charge in [0.1, 0.15) is 5.76 Å². The van der Waals surface area contributed by atoms with E-state index >= 15 is 0 Å². The molecule has 0 atom stereocenters. The van der Waals surface area contributed by atoms with Crippen molar-refractivity contribution in [1.82, 2.24) is 9.97 Å². The van der Waals surface area contributed by atoms with Crippen LogP contribution in [0.4, 0.5) is 0 Å². The Labute approximate surface area is 96.6 Å². The molecule has 0 amide bonds. The van der Waals surface area contributed by atoms with Crippen molar-refractivity contribution in [2.45, 2.75) is 0 Å². The quantitative estimate of drug-likeness (QED) is 0.636. The van der Waals surface area contributed by atoms with Crippen LogP contribution in [-0.2, 0) is 0 Å². The molecule has 0 aromatic carbocycles. The van der Waals surface area contributed by atoms with Crippen LogP contribution in [0.25, 0.3) is 22.2 Å². The van der Waals surface area contributed by atoms with Crippen LogP contribution in [0.3, 0.4) is 0 Å². The van der Waals surface area contributed by atoms with E-state index in [1.54, 1.807) is 48.9 Å². The Morgan fingerprint density at radius 1 is 1.06 bits per heavy atom. The summed E-state index contributed by atoms with van der Waals surface area (Å²) in [6, 6.07) is 8.74. The topological polar surface area (TPSA) is 56.0 Å². The van der Waals surface area contributed by atoms with Crippen molar-refractivity contribution in [3.05, 3.63) is 59.3 Å². The summed E-state index contributed by atoms with van der Waals surface area (Å²) in [7, 11) is 0. The Morgan fingerprint density at radius 2 is 1.88 bits per heavy atom. The van der Waals surface area contributed by atoms with E-state index in [0.29, 0.717) is 16.7 Å². The van der Waals surface area contributed by atoms with Crippen molar-refractivity contribution in [3.8, 4) is 11.3 Å². The van der Waals surface area contributed by atoms with Crippen LogP contribution in [0.15, 0.2) is 58.1 Å². The second-order valence-electron chi connectivity index (χ2n) is 3.57. The molecule has 0 saturated heterocycles. The number of hydrogen-bond donors (Lipinski definition) is 0. The predicted molar refractivity (Wildman–Crippen MR) is 63.5 cm³/mol. The van der Waals surface area contributed by atoms with Crippen LogP contribution in [-0.4, -0.2) is 9.97 Å². The number of rotatable bonds is 1. The van der Waals surface area contributed by atoms with Gasteiger partial charge in [-0.1, -0.05) is 0 Å². The largest absolute Gasteiger partial charge is 0.422 e. The van der Waals surface area contributed by atoms with Gasteiger partial charge in [0.25, 0.3) is 0 Å². The number of pyridine rings is 2. The minimum absolute atomic E-state index is 0.373. The van der Waals surface area contributed by atoms with E-state index in [2.05, 4.69) is 9.97 Å². The zero-order chi connectivity index (χ0) is 11.7. The first-order valence-corrected chi connectivity index (χ1v) is 5.14. The van der Waals surface area contributed by atoms with E-state index in [4.69, 9.17) is 4.42 Å². The summed E-state index contributed by atoms with van der Waals surface area (Å²) in [4.78, 5) is 19.8. The molecular weight excluding hydrogens is 216 g/mol. The van der Waals surface area contributed by atoms with E-state index in [1.807, 2.05) is 0 Å². The summed E-state index contributed by atoms with van der Waals surface area (Å²) in [5, 5.41) is 0.491. The lowest BCUT2D eigenvalue weighted by Crippen LogP contribution is -2.00. The van der Waals surface area contributed by atoms with E-state index in [-0.39, 0.29) is 5.63 Å². The summed E-state index contributed by atoms with van der Waals surface area (Å²) in [6.07, 6.45) is 4.95. The van der Waals surface area contributed by atoms with Crippen molar-refractivity contribution < 1.29 is 4.42 Å². The second kappa shape index (κ2) is 3.83. The fourth-order valence-electron chi connectivity index (χ4n) is 1.67. The predicted octanol–water partition coefficient (Wildman–Crippen LogP) is 2.25. The van der Waals surface area contributed by atoms with Crippen LogP contribution >= 0.6 is 0 Å². The maximum Gasteiger partial charge on any atom is 0.345 e. The molecule has 3 rings (SSSR count). The lowest BCUT2D eigenvalue weighted by atomic mass is 10.2. The van der Waals surface area contributed by atoms with Crippen molar-refractivity contribution in [2.75, 3.05) is 0 Å². The molecule has 0 aliphatic rings. The summed E-state index contributed by atoms with van der Waals surface area (Å²) in [5.41, 5.74) is 1.07. The highest BCUT2D eigenvalue weighted by atomic mass is 16.4. The molecule has 0 N–H and O–H groups in total. The van der Waals surface area contributed by atoms with E-state index in [0.717, 1.165) is 5.56 Å². The average Bonchev–Trinajstić information content (AvgIpc) is 2.40. The van der Waals surface area contributed by atoms with Gasteiger partial charge in [-0.15, -0.1) is 0 Å². The molecular formula is C13H8N2O2. The molecule has 3 aromatic rings. The minimum atomic E-state index is -0.373. The summed E-state index contributed by atoms with van der Waals surface area (Å²) in [5.74, 6) is 0.503. The van der Waals surface area contributed by atoms with Gasteiger partial charge in [-0.25, -0.2) is 4.79 Å². The lowest BCUT2D eigenvalue weighted by molar-refractivity contribution is 0.534. The van der Waals surface area contributed by atoms with E-state index in [9.17, 15) is 4.79 Å². The van der Waals surface area contributed by atoms with Crippen LogP contribution in [0.5, 0.6) is 0 Å². The average molecular weight is 224 g/mol. The third-order valence-corrected chi connectivity index (χ3v) is 2.49. The fourth-order valence-corrected chi connectivity index (χ4v) is 1.67. The molecule has 3 aromatic heterocycles. The van der Waals surface area contributed by atoms with Crippen LogP contribution in [0, 0.1) is 0 Å². The molecule has 0 aliphatic heterocycles. The highest BCUT2D eigenvalue weighted by Crippen LogP contribution is 2.19. The third kappa shape index (κ3) is 1.69. The van der Waals surface area contributed by atoms with Crippen LogP contribution in [0.1, 0.15) is 0 Å². The van der Waals surface area contributed by atoms with Crippen LogP contribution in [0.2, 0.25) is 0 Å². The van der Waals surface area contributed by atoms with Gasteiger partial charge in [-0.2, -0.15) is 0 Å². The van der Waals surface area contributed by atoms with Gasteiger partial charge in [0, 0.05) is 30.2 Å². The summed E-state index contributed by atoms with van der Waals surface area (Å²) >= 11 is 0. The van der Waals surface area contributed by atoms with Gasteiger partial charge in [0.05, 0.1) is 10.9 Å². The number of fused-ring (bicyclic) bond motifs is 1. The lowest BCUT2D eigenvalue weighted by Gasteiger charge is -2.00. The zero-order valence-corrected chi connectivity index (χ0v) is 8.83. The molecule has 4 nitrogen and oxygen atoms in total. The standard InChI is InChI=1S/C13H8N2O2/c16-13-10-2-1-5-15-11(10)8-12(17-13)9-3-6-14-7-4-9/h1-8H. The molecule has 0 bridgehead atoms. The minimum Gasteiger partial charge on any atom is -0.422 e. The molecule has 0 radical (unpaired) electrons. The molecule has 0 spiro atoms. The van der Waals surface area contributed by atoms with Gasteiger partial charge in [0.2, 0.25) is 0 Å². The third-order valence-electron chi connectivity index (χ3n) is 2.49. The van der Waals surface area contributed by atoms with Crippen molar-refractivity contribution in [1.29, 1.82) is 0 Å². The second-order valence-corrected chi connectivity index (χ2v) is 3.57. The Balaban J connectivity index is 2.30. The summed E-state index contributed by atoms with van der Waals surface area (Å²) in [6.45, 7) is 0. The van der Waals surface area contributed by atoms with Gasteiger partial charge >= 0.3 is 5.63 Å². The SMILES string of the molecule is O=c1oc(-c2ccncc2)cc2ncccc12. The Bertz CT molecular complexity index is 720. The number of aromatic nitrogens is 2. The van der Waals surface area contributed by atoms with Gasteiger partial charge in [-0.3, -0.25) is 9.97 Å². The Kier molecular flexibility index (Phi) is 2.19. The smallest absolute Gasteiger partial charge is 0.345 e. The highest BCUT2D eigenvalue weighted by molar-refractivity contribution is 5.80. The fraction of sp³-hybridized carbons (Fsp3) is 0. The molecule has 82 valence electrons. The number of nitrogens with zero attached hydrogens (tertiary/aromatic N) is 2. The van der Waals surface area contributed by atoms with Crippen molar-refractivity contribution in [3.63, 3.8) is 0 Å². The first-order chi connectivity index (χ1) is 8.34. The first-order valence-electron chi connectivity index (χ1n) is 5.14. The molecule has 17 heavy (non-hydrogen) atoms. The highest BCUT2D eigenvalue weighted by Gasteiger charge is 2.06. The van der Waals surface area contributed by atoms with Gasteiger partial charge in [0.15, 0.2) is 0 Å². The molecule has 3 heterocycles. The number of hydrogen-bond acceptors (Lipinski definition) is 4. The van der Waals surface area contributed by atoms with Gasteiger partial charge < -0.3 is 4.42 Å². The summed E-state index contributed by atoms with van der Waals surface area (Å²) < 4.78 is 5.25. The molecule has 0 fully saturated rings. The van der Waals surface area contributed by atoms with E-state index in [1.165, 1.54) is 0 Å². The maximum absolute atomic E-state index is 11.8. The zero-order valence-electron chi connectivity index (χ0n) is 8.83. The molecule has 0 aliphatic carbocycles. The first kappa shape index (κ1) is 9.72. The Morgan fingerprint density at radius 3 is 2.71 bits per heavy atom. The Hall–Kier alpha value is -2.49. The van der Waals surface area contributed by atoms with E-state index < -0.39 is 0 Å². The van der Waals surface area contributed by atoms with Crippen molar-refractivity contribution >= 4 is 10.9 Å². The van der Waals surface area contributed by atoms with Gasteiger partial charge in [-0.05, 0) is 24.3 Å². The molecule has 4 heteroatoms. The monoisotopic (exact) mass is 224 g/mol.